The molecule has 1 N–H and O–H groups in total. The maximum absolute atomic E-state index is 10.1. The molecule has 0 aliphatic carbocycles. The van der Waals surface area contributed by atoms with Crippen molar-refractivity contribution < 1.29 is 5.11 Å². The average Bonchev–Trinajstić information content (AvgIpc) is 2.28. The zero-order valence-electron chi connectivity index (χ0n) is 9.55. The van der Waals surface area contributed by atoms with Crippen molar-refractivity contribution in [2.75, 3.05) is 0 Å². The molecular weight excluding hydrogens is 238 g/mol. The second kappa shape index (κ2) is 4.39. The van der Waals surface area contributed by atoms with Crippen molar-refractivity contribution in [1.82, 2.24) is 15.2 Å². The predicted molar refractivity (Wildman–Crippen MR) is 65.5 cm³/mol. The van der Waals surface area contributed by atoms with Crippen LogP contribution < -0.4 is 0 Å². The van der Waals surface area contributed by atoms with Crippen LogP contribution in [0.5, 0.6) is 0 Å². The number of rotatable bonds is 2. The lowest BCUT2D eigenvalue weighted by Crippen LogP contribution is -2.17. The van der Waals surface area contributed by atoms with Gasteiger partial charge in [-0.05, 0) is 26.0 Å². The molecule has 4 nitrogen and oxygen atoms in total. The van der Waals surface area contributed by atoms with Gasteiger partial charge >= 0.3 is 0 Å². The molecule has 2 aromatic rings. The summed E-state index contributed by atoms with van der Waals surface area (Å²) in [6.45, 7) is 3.42. The number of aromatic nitrogens is 3. The Hall–Kier alpha value is -1.52. The standard InChI is InChI=1S/C12H12ClN3O/c1-12(2,17)9-4-3-5-14-11(9)8-6-10(13)16-15-7-8/h3-7,17H,1-2H3. The monoisotopic (exact) mass is 249 g/mol. The Bertz CT molecular complexity index is 537. The van der Waals surface area contributed by atoms with Crippen LogP contribution in [0.25, 0.3) is 11.3 Å². The Morgan fingerprint density at radius 2 is 2.12 bits per heavy atom. The number of hydrogen-bond donors (Lipinski definition) is 1. The van der Waals surface area contributed by atoms with Crippen molar-refractivity contribution >= 4 is 11.6 Å². The van der Waals surface area contributed by atoms with Gasteiger partial charge in [0, 0.05) is 17.3 Å². The van der Waals surface area contributed by atoms with E-state index < -0.39 is 5.60 Å². The van der Waals surface area contributed by atoms with E-state index in [1.165, 1.54) is 0 Å². The Kier molecular flexibility index (Phi) is 3.09. The predicted octanol–water partition coefficient (Wildman–Crippen LogP) is 2.42. The average molecular weight is 250 g/mol. The van der Waals surface area contributed by atoms with E-state index >= 15 is 0 Å². The van der Waals surface area contributed by atoms with E-state index in [2.05, 4.69) is 15.2 Å². The molecular formula is C12H12ClN3O. The summed E-state index contributed by atoms with van der Waals surface area (Å²) in [7, 11) is 0. The lowest BCUT2D eigenvalue weighted by Gasteiger charge is -2.20. The van der Waals surface area contributed by atoms with Gasteiger partial charge in [-0.15, -0.1) is 5.10 Å². The lowest BCUT2D eigenvalue weighted by atomic mass is 9.94. The molecule has 2 aromatic heterocycles. The van der Waals surface area contributed by atoms with E-state index in [0.29, 0.717) is 10.8 Å². The summed E-state index contributed by atoms with van der Waals surface area (Å²) < 4.78 is 0. The van der Waals surface area contributed by atoms with Gasteiger partial charge in [-0.25, -0.2) is 0 Å². The molecule has 17 heavy (non-hydrogen) atoms. The molecule has 0 saturated heterocycles. The van der Waals surface area contributed by atoms with Gasteiger partial charge in [0.25, 0.3) is 0 Å². The van der Waals surface area contributed by atoms with Gasteiger partial charge in [-0.3, -0.25) is 4.98 Å². The second-order valence-corrected chi connectivity index (χ2v) is 4.61. The highest BCUT2D eigenvalue weighted by molar-refractivity contribution is 6.29. The topological polar surface area (TPSA) is 58.9 Å². The minimum Gasteiger partial charge on any atom is -0.386 e. The largest absolute Gasteiger partial charge is 0.386 e. The SMILES string of the molecule is CC(C)(O)c1cccnc1-c1cnnc(Cl)c1. The maximum Gasteiger partial charge on any atom is 0.152 e. The molecule has 0 radical (unpaired) electrons. The smallest absolute Gasteiger partial charge is 0.152 e. The molecule has 2 rings (SSSR count). The molecule has 0 fully saturated rings. The zero-order chi connectivity index (χ0) is 12.5. The number of hydrogen-bond acceptors (Lipinski definition) is 4. The molecule has 0 bridgehead atoms. The number of aliphatic hydroxyl groups is 1. The van der Waals surface area contributed by atoms with Gasteiger partial charge < -0.3 is 5.11 Å². The summed E-state index contributed by atoms with van der Waals surface area (Å²) in [5.41, 5.74) is 1.16. The number of halogens is 1. The van der Waals surface area contributed by atoms with Gasteiger partial charge in [-0.1, -0.05) is 17.7 Å². The van der Waals surface area contributed by atoms with Crippen molar-refractivity contribution in [3.05, 3.63) is 41.3 Å². The molecule has 0 aliphatic rings. The molecule has 0 amide bonds. The third-order valence-electron chi connectivity index (χ3n) is 2.36. The Morgan fingerprint density at radius 3 is 2.76 bits per heavy atom. The van der Waals surface area contributed by atoms with Crippen LogP contribution in [-0.2, 0) is 5.60 Å². The minimum absolute atomic E-state index is 0.301. The molecule has 2 heterocycles. The number of pyridine rings is 1. The Labute approximate surface area is 104 Å². The highest BCUT2D eigenvalue weighted by Crippen LogP contribution is 2.29. The summed E-state index contributed by atoms with van der Waals surface area (Å²) >= 11 is 5.80. The third kappa shape index (κ3) is 2.60. The van der Waals surface area contributed by atoms with Gasteiger partial charge in [0.05, 0.1) is 17.5 Å². The molecule has 5 heteroatoms. The van der Waals surface area contributed by atoms with E-state index in [9.17, 15) is 5.11 Å². The van der Waals surface area contributed by atoms with E-state index in [4.69, 9.17) is 11.6 Å². The van der Waals surface area contributed by atoms with Gasteiger partial charge in [0.15, 0.2) is 5.15 Å². The first-order valence-corrected chi connectivity index (χ1v) is 5.53. The quantitative estimate of drug-likeness (QED) is 0.888. The highest BCUT2D eigenvalue weighted by Gasteiger charge is 2.21. The van der Waals surface area contributed by atoms with Crippen LogP contribution >= 0.6 is 11.6 Å². The lowest BCUT2D eigenvalue weighted by molar-refractivity contribution is 0.0789. The van der Waals surface area contributed by atoms with E-state index in [-0.39, 0.29) is 0 Å². The maximum atomic E-state index is 10.1. The fourth-order valence-corrected chi connectivity index (χ4v) is 1.76. The summed E-state index contributed by atoms with van der Waals surface area (Å²) in [5.74, 6) is 0. The van der Waals surface area contributed by atoms with Crippen LogP contribution in [0.15, 0.2) is 30.6 Å². The molecule has 0 unspecified atom stereocenters. The van der Waals surface area contributed by atoms with Gasteiger partial charge in [-0.2, -0.15) is 5.10 Å². The van der Waals surface area contributed by atoms with Crippen LogP contribution in [-0.4, -0.2) is 20.3 Å². The van der Waals surface area contributed by atoms with Gasteiger partial charge in [0.1, 0.15) is 0 Å². The molecule has 0 atom stereocenters. The zero-order valence-corrected chi connectivity index (χ0v) is 10.3. The summed E-state index contributed by atoms with van der Waals surface area (Å²) in [6.07, 6.45) is 3.24. The van der Waals surface area contributed by atoms with Crippen molar-refractivity contribution in [3.8, 4) is 11.3 Å². The second-order valence-electron chi connectivity index (χ2n) is 4.23. The highest BCUT2D eigenvalue weighted by atomic mass is 35.5. The van der Waals surface area contributed by atoms with Gasteiger partial charge in [0.2, 0.25) is 0 Å². The molecule has 88 valence electrons. The van der Waals surface area contributed by atoms with Crippen LogP contribution in [0.2, 0.25) is 5.15 Å². The Morgan fingerprint density at radius 1 is 1.35 bits per heavy atom. The molecule has 0 aliphatic heterocycles. The van der Waals surface area contributed by atoms with Crippen molar-refractivity contribution in [2.24, 2.45) is 0 Å². The first-order chi connectivity index (χ1) is 7.98. The minimum atomic E-state index is -0.973. The molecule has 0 saturated carbocycles. The van der Waals surface area contributed by atoms with E-state index in [1.807, 2.05) is 6.07 Å². The van der Waals surface area contributed by atoms with Crippen LogP contribution in [0, 0.1) is 0 Å². The number of nitrogens with zero attached hydrogens (tertiary/aromatic N) is 3. The van der Waals surface area contributed by atoms with E-state index in [0.717, 1.165) is 11.1 Å². The summed E-state index contributed by atoms with van der Waals surface area (Å²) in [6, 6.07) is 5.29. The third-order valence-corrected chi connectivity index (χ3v) is 2.55. The van der Waals surface area contributed by atoms with E-state index in [1.54, 1.807) is 38.4 Å². The first-order valence-electron chi connectivity index (χ1n) is 5.15. The first kappa shape index (κ1) is 12.0. The van der Waals surface area contributed by atoms with Crippen LogP contribution in [0.1, 0.15) is 19.4 Å². The van der Waals surface area contributed by atoms with Crippen LogP contribution in [0.3, 0.4) is 0 Å². The van der Waals surface area contributed by atoms with Crippen molar-refractivity contribution in [3.63, 3.8) is 0 Å². The fourth-order valence-electron chi connectivity index (χ4n) is 1.60. The fraction of sp³-hybridized carbons (Fsp3) is 0.250. The normalized spacial score (nSPS) is 11.5. The molecule has 0 aromatic carbocycles. The van der Waals surface area contributed by atoms with Crippen LogP contribution in [0.4, 0.5) is 0 Å². The summed E-state index contributed by atoms with van der Waals surface area (Å²) in [5, 5.41) is 17.9. The summed E-state index contributed by atoms with van der Waals surface area (Å²) in [4.78, 5) is 4.27. The van der Waals surface area contributed by atoms with Crippen molar-refractivity contribution in [2.45, 2.75) is 19.4 Å². The van der Waals surface area contributed by atoms with Crippen molar-refractivity contribution in [1.29, 1.82) is 0 Å². The Balaban J connectivity index is 2.60. The molecule has 0 spiro atoms.